The van der Waals surface area contributed by atoms with E-state index in [4.69, 9.17) is 0 Å². The van der Waals surface area contributed by atoms with Gasteiger partial charge in [0.25, 0.3) is 5.91 Å². The van der Waals surface area contributed by atoms with E-state index in [-0.39, 0.29) is 10.8 Å². The summed E-state index contributed by atoms with van der Waals surface area (Å²) in [6, 6.07) is 10.5. The first-order valence-corrected chi connectivity index (χ1v) is 11.3. The Morgan fingerprint density at radius 3 is 2.32 bits per heavy atom. The first-order valence-electron chi connectivity index (χ1n) is 9.05. The fourth-order valence-electron chi connectivity index (χ4n) is 3.11. The van der Waals surface area contributed by atoms with Gasteiger partial charge >= 0.3 is 0 Å². The zero-order valence-corrected chi connectivity index (χ0v) is 17.9. The number of benzene rings is 2. The van der Waals surface area contributed by atoms with Crippen LogP contribution in [-0.2, 0) is 10.0 Å². The molecule has 1 heterocycles. The monoisotopic (exact) mass is 417 g/mol. The molecule has 0 bridgehead atoms. The Morgan fingerprint density at radius 2 is 1.71 bits per heavy atom. The lowest BCUT2D eigenvalue weighted by Gasteiger charge is -2.18. The number of amides is 1. The summed E-state index contributed by atoms with van der Waals surface area (Å²) in [6.07, 6.45) is 0. The van der Waals surface area contributed by atoms with Gasteiger partial charge in [0.1, 0.15) is 0 Å². The number of rotatable bonds is 6. The van der Waals surface area contributed by atoms with Crippen molar-refractivity contribution in [2.75, 3.05) is 18.4 Å². The third-order valence-corrected chi connectivity index (χ3v) is 7.39. The highest BCUT2D eigenvalue weighted by molar-refractivity contribution is 7.89. The highest BCUT2D eigenvalue weighted by Crippen LogP contribution is 2.29. The molecule has 8 heteroatoms. The molecular weight excluding hydrogens is 394 g/mol. The normalized spacial score (nSPS) is 11.9. The number of nitrogens with zero attached hydrogens (tertiary/aromatic N) is 2. The lowest BCUT2D eigenvalue weighted by atomic mass is 10.1. The van der Waals surface area contributed by atoms with Gasteiger partial charge in [-0.1, -0.05) is 42.4 Å². The van der Waals surface area contributed by atoms with Crippen LogP contribution in [0, 0.1) is 13.8 Å². The molecule has 1 amide bonds. The molecule has 0 saturated carbocycles. The Bertz CT molecular complexity index is 1110. The van der Waals surface area contributed by atoms with Crippen molar-refractivity contribution in [2.45, 2.75) is 32.6 Å². The topological polar surface area (TPSA) is 79.4 Å². The predicted octanol–water partition coefficient (Wildman–Crippen LogP) is 4.20. The minimum atomic E-state index is -3.53. The standard InChI is InChI=1S/C20H23N3O3S2/c1-5-23(6-2)28(25,26)16-7-8-17-18(12-16)27-20(21-17)22-19(24)15-10-13(3)9-14(4)11-15/h7-12H,5-6H2,1-4H3,(H,21,22,24). The van der Waals surface area contributed by atoms with Gasteiger partial charge in [-0.05, 0) is 44.2 Å². The molecule has 0 unspecified atom stereocenters. The average Bonchev–Trinajstić information content (AvgIpc) is 3.03. The molecule has 3 aromatic rings. The number of anilines is 1. The van der Waals surface area contributed by atoms with Gasteiger partial charge in [0.15, 0.2) is 5.13 Å². The van der Waals surface area contributed by atoms with Crippen molar-refractivity contribution in [3.8, 4) is 0 Å². The van der Waals surface area contributed by atoms with Crippen molar-refractivity contribution in [3.05, 3.63) is 53.1 Å². The summed E-state index contributed by atoms with van der Waals surface area (Å²) < 4.78 is 27.6. The van der Waals surface area contributed by atoms with Crippen LogP contribution in [0.4, 0.5) is 5.13 Å². The van der Waals surface area contributed by atoms with E-state index < -0.39 is 10.0 Å². The van der Waals surface area contributed by atoms with Crippen LogP contribution in [0.2, 0.25) is 0 Å². The van der Waals surface area contributed by atoms with Gasteiger partial charge < -0.3 is 0 Å². The number of carbonyl (C=O) groups excluding carboxylic acids is 1. The van der Waals surface area contributed by atoms with Crippen molar-refractivity contribution in [1.29, 1.82) is 0 Å². The number of aryl methyl sites for hydroxylation is 2. The molecule has 0 saturated heterocycles. The smallest absolute Gasteiger partial charge is 0.257 e. The molecule has 3 rings (SSSR count). The summed E-state index contributed by atoms with van der Waals surface area (Å²) in [5.74, 6) is -0.234. The van der Waals surface area contributed by atoms with Gasteiger partial charge in [0.2, 0.25) is 10.0 Å². The number of aromatic nitrogens is 1. The highest BCUT2D eigenvalue weighted by atomic mass is 32.2. The Morgan fingerprint density at radius 1 is 1.07 bits per heavy atom. The molecule has 0 aliphatic rings. The van der Waals surface area contributed by atoms with Crippen LogP contribution in [0.5, 0.6) is 0 Å². The molecule has 0 spiro atoms. The minimum Gasteiger partial charge on any atom is -0.298 e. The van der Waals surface area contributed by atoms with E-state index in [1.165, 1.54) is 15.6 Å². The van der Waals surface area contributed by atoms with Crippen LogP contribution < -0.4 is 5.32 Å². The second kappa shape index (κ2) is 7.98. The molecule has 0 aliphatic carbocycles. The van der Waals surface area contributed by atoms with Crippen molar-refractivity contribution >= 4 is 42.6 Å². The van der Waals surface area contributed by atoms with E-state index in [0.29, 0.717) is 34.0 Å². The average molecular weight is 418 g/mol. The molecule has 2 aromatic carbocycles. The summed E-state index contributed by atoms with van der Waals surface area (Å²) >= 11 is 1.26. The van der Waals surface area contributed by atoms with Crippen molar-refractivity contribution in [1.82, 2.24) is 9.29 Å². The van der Waals surface area contributed by atoms with Gasteiger partial charge in [-0.15, -0.1) is 0 Å². The largest absolute Gasteiger partial charge is 0.298 e. The Hall–Kier alpha value is -2.29. The fourth-order valence-corrected chi connectivity index (χ4v) is 5.57. The maximum absolute atomic E-state index is 12.7. The van der Waals surface area contributed by atoms with E-state index in [9.17, 15) is 13.2 Å². The van der Waals surface area contributed by atoms with Gasteiger partial charge in [-0.3, -0.25) is 10.1 Å². The quantitative estimate of drug-likeness (QED) is 0.652. The number of nitrogens with one attached hydrogen (secondary N) is 1. The molecule has 0 fully saturated rings. The molecule has 0 aliphatic heterocycles. The first-order chi connectivity index (χ1) is 13.2. The second-order valence-electron chi connectivity index (χ2n) is 6.57. The summed E-state index contributed by atoms with van der Waals surface area (Å²) in [6.45, 7) is 8.34. The zero-order valence-electron chi connectivity index (χ0n) is 16.3. The predicted molar refractivity (Wildman–Crippen MR) is 114 cm³/mol. The molecule has 6 nitrogen and oxygen atoms in total. The summed E-state index contributed by atoms with van der Waals surface area (Å²) in [5.41, 5.74) is 3.25. The van der Waals surface area contributed by atoms with Crippen LogP contribution in [-0.4, -0.2) is 36.7 Å². The Balaban J connectivity index is 1.90. The van der Waals surface area contributed by atoms with E-state index in [1.807, 2.05) is 45.9 Å². The van der Waals surface area contributed by atoms with Crippen LogP contribution in [0.3, 0.4) is 0 Å². The summed E-state index contributed by atoms with van der Waals surface area (Å²) in [7, 11) is -3.53. The maximum atomic E-state index is 12.7. The number of fused-ring (bicyclic) bond motifs is 1. The Kier molecular flexibility index (Phi) is 5.83. The SMILES string of the molecule is CCN(CC)S(=O)(=O)c1ccc2nc(NC(=O)c3cc(C)cc(C)c3)sc2c1. The lowest BCUT2D eigenvalue weighted by Crippen LogP contribution is -2.30. The molecule has 148 valence electrons. The second-order valence-corrected chi connectivity index (χ2v) is 9.54. The van der Waals surface area contributed by atoms with Crippen LogP contribution in [0.1, 0.15) is 35.3 Å². The Labute approximate surface area is 169 Å². The molecule has 28 heavy (non-hydrogen) atoms. The lowest BCUT2D eigenvalue weighted by molar-refractivity contribution is 0.102. The zero-order chi connectivity index (χ0) is 20.5. The molecule has 1 aromatic heterocycles. The third kappa shape index (κ3) is 4.09. The number of hydrogen-bond acceptors (Lipinski definition) is 5. The first kappa shape index (κ1) is 20.4. The van der Waals surface area contributed by atoms with E-state index >= 15 is 0 Å². The number of thiazole rings is 1. The molecule has 1 N–H and O–H groups in total. The summed E-state index contributed by atoms with van der Waals surface area (Å²) in [5, 5.41) is 3.26. The number of sulfonamides is 1. The van der Waals surface area contributed by atoms with Crippen LogP contribution in [0.25, 0.3) is 10.2 Å². The summed E-state index contributed by atoms with van der Waals surface area (Å²) in [4.78, 5) is 17.2. The van der Waals surface area contributed by atoms with Gasteiger partial charge in [-0.25, -0.2) is 13.4 Å². The van der Waals surface area contributed by atoms with Crippen molar-refractivity contribution in [2.24, 2.45) is 0 Å². The number of hydrogen-bond donors (Lipinski definition) is 1. The van der Waals surface area contributed by atoms with Gasteiger partial charge in [0.05, 0.1) is 15.1 Å². The van der Waals surface area contributed by atoms with Crippen LogP contribution in [0.15, 0.2) is 41.3 Å². The van der Waals surface area contributed by atoms with Crippen molar-refractivity contribution < 1.29 is 13.2 Å². The third-order valence-electron chi connectivity index (χ3n) is 4.41. The number of carbonyl (C=O) groups is 1. The van der Waals surface area contributed by atoms with Crippen LogP contribution >= 0.6 is 11.3 Å². The maximum Gasteiger partial charge on any atom is 0.257 e. The molecule has 0 atom stereocenters. The highest BCUT2D eigenvalue weighted by Gasteiger charge is 2.22. The minimum absolute atomic E-state index is 0.234. The fraction of sp³-hybridized carbons (Fsp3) is 0.300. The van der Waals surface area contributed by atoms with E-state index in [2.05, 4.69) is 10.3 Å². The van der Waals surface area contributed by atoms with Gasteiger partial charge in [-0.2, -0.15) is 4.31 Å². The van der Waals surface area contributed by atoms with E-state index in [1.54, 1.807) is 18.2 Å². The molecule has 0 radical (unpaired) electrons. The van der Waals surface area contributed by atoms with Gasteiger partial charge in [0, 0.05) is 18.7 Å². The van der Waals surface area contributed by atoms with E-state index in [0.717, 1.165) is 11.1 Å². The molecular formula is C20H23N3O3S2. The van der Waals surface area contributed by atoms with Crippen molar-refractivity contribution in [3.63, 3.8) is 0 Å².